The number of carbonyl (C=O) groups excluding carboxylic acids is 4. The van der Waals surface area contributed by atoms with Gasteiger partial charge in [0.15, 0.2) is 29.0 Å². The van der Waals surface area contributed by atoms with Crippen molar-refractivity contribution in [1.82, 2.24) is 24.8 Å². The van der Waals surface area contributed by atoms with Gasteiger partial charge in [0.05, 0.1) is 12.9 Å². The van der Waals surface area contributed by atoms with Gasteiger partial charge in [0, 0.05) is 11.1 Å². The Balaban J connectivity index is 1.26. The van der Waals surface area contributed by atoms with E-state index in [0.29, 0.717) is 12.1 Å². The number of nitrogens with one attached hydrogen (secondary N) is 1. The van der Waals surface area contributed by atoms with Gasteiger partial charge in [0.1, 0.15) is 36.3 Å². The molecule has 2 fully saturated rings. The molecule has 2 aliphatic rings. The summed E-state index contributed by atoms with van der Waals surface area (Å²) in [5.41, 5.74) is 0.347. The topological polar surface area (TPSA) is 173 Å². The number of anilines is 1. The van der Waals surface area contributed by atoms with E-state index in [2.05, 4.69) is 20.3 Å². The molecule has 0 radical (unpaired) electrons. The van der Waals surface area contributed by atoms with Gasteiger partial charge < -0.3 is 29.0 Å². The normalized spacial score (nSPS) is 21.1. The van der Waals surface area contributed by atoms with Crippen molar-refractivity contribution in [1.29, 1.82) is 0 Å². The van der Waals surface area contributed by atoms with Crippen LogP contribution in [0.2, 0.25) is 0 Å². The van der Waals surface area contributed by atoms with Crippen LogP contribution in [0.3, 0.4) is 0 Å². The third-order valence-electron chi connectivity index (χ3n) is 8.55. The Labute approximate surface area is 312 Å². The van der Waals surface area contributed by atoms with Crippen LogP contribution in [0.4, 0.5) is 10.6 Å². The van der Waals surface area contributed by atoms with Crippen LogP contribution in [0, 0.1) is 0 Å². The fraction of sp³-hybridized carbons (Fsp3) is 0.410. The number of carbonyl (C=O) groups is 4. The second-order valence-corrected chi connectivity index (χ2v) is 14.2. The minimum atomic E-state index is -0.937. The van der Waals surface area contributed by atoms with Crippen molar-refractivity contribution >= 4 is 40.9 Å². The first-order valence-corrected chi connectivity index (χ1v) is 17.8. The van der Waals surface area contributed by atoms with Crippen LogP contribution in [0.1, 0.15) is 81.3 Å². The molecule has 3 amide bonds. The third kappa shape index (κ3) is 8.48. The largest absolute Gasteiger partial charge is 0.464 e. The molecule has 1 N–H and O–H groups in total. The zero-order chi connectivity index (χ0) is 38.6. The molecule has 2 aromatic heterocycles. The second-order valence-electron chi connectivity index (χ2n) is 14.2. The second kappa shape index (κ2) is 15.8. The first-order valence-electron chi connectivity index (χ1n) is 17.8. The summed E-state index contributed by atoms with van der Waals surface area (Å²) in [7, 11) is 0. The Morgan fingerprint density at radius 3 is 2.19 bits per heavy atom. The van der Waals surface area contributed by atoms with Gasteiger partial charge in [0.25, 0.3) is 11.8 Å². The number of amides is 3. The average molecular weight is 741 g/mol. The van der Waals surface area contributed by atoms with Crippen LogP contribution >= 0.6 is 0 Å². The fourth-order valence-electron chi connectivity index (χ4n) is 6.31. The summed E-state index contributed by atoms with van der Waals surface area (Å²) in [6.45, 7) is 10.7. The number of benzene rings is 2. The molecule has 15 nitrogen and oxygen atoms in total. The summed E-state index contributed by atoms with van der Waals surface area (Å²) < 4.78 is 31.3. The Kier molecular flexibility index (Phi) is 11.2. The van der Waals surface area contributed by atoms with Crippen molar-refractivity contribution < 1.29 is 42.9 Å². The maximum Gasteiger partial charge on any atom is 0.408 e. The highest BCUT2D eigenvalue weighted by atomic mass is 16.8. The average Bonchev–Trinajstić information content (AvgIpc) is 3.80. The summed E-state index contributed by atoms with van der Waals surface area (Å²) in [5.74, 6) is -2.66. The van der Waals surface area contributed by atoms with Crippen molar-refractivity contribution in [2.75, 3.05) is 11.5 Å². The van der Waals surface area contributed by atoms with E-state index in [4.69, 9.17) is 23.7 Å². The van der Waals surface area contributed by atoms with Crippen LogP contribution in [-0.2, 0) is 28.5 Å². The molecule has 6 rings (SSSR count). The molecule has 284 valence electrons. The quantitative estimate of drug-likeness (QED) is 0.116. The van der Waals surface area contributed by atoms with Crippen LogP contribution in [0.5, 0.6) is 0 Å². The van der Waals surface area contributed by atoms with Crippen molar-refractivity contribution in [2.45, 2.75) is 96.4 Å². The molecule has 15 heteroatoms. The first-order chi connectivity index (χ1) is 25.8. The number of fused-ring (bicyclic) bond motifs is 2. The SMILES string of the molecule is CCOC(=O)C(CC/C=C/[C@H]1O[C@@H](n2cnc3c(N(C(=O)c4ccccc4)C(=O)c4ccccc4)ncnc32)[C@@H]2OC(C)(C)O[C@@H]21)NC(=O)OC(C)(C)C. The molecule has 54 heavy (non-hydrogen) atoms. The molecule has 0 saturated carbocycles. The number of imidazole rings is 1. The van der Waals surface area contributed by atoms with E-state index in [1.54, 1.807) is 92.9 Å². The molecule has 2 aromatic carbocycles. The van der Waals surface area contributed by atoms with E-state index in [9.17, 15) is 19.2 Å². The van der Waals surface area contributed by atoms with Gasteiger partial charge >= 0.3 is 12.1 Å². The van der Waals surface area contributed by atoms with Gasteiger partial charge in [0.2, 0.25) is 0 Å². The van der Waals surface area contributed by atoms with E-state index in [0.717, 1.165) is 4.90 Å². The molecule has 2 saturated heterocycles. The van der Waals surface area contributed by atoms with E-state index in [-0.39, 0.29) is 35.5 Å². The predicted molar refractivity (Wildman–Crippen MR) is 195 cm³/mol. The molecule has 1 unspecified atom stereocenters. The van der Waals surface area contributed by atoms with E-state index >= 15 is 0 Å². The minimum Gasteiger partial charge on any atom is -0.464 e. The number of hydrogen-bond donors (Lipinski definition) is 1. The molecular weight excluding hydrogens is 696 g/mol. The molecule has 5 atom stereocenters. The number of esters is 1. The fourth-order valence-corrected chi connectivity index (χ4v) is 6.31. The Bertz CT molecular complexity index is 1960. The van der Waals surface area contributed by atoms with Crippen molar-refractivity contribution in [3.63, 3.8) is 0 Å². The number of aromatic nitrogens is 4. The monoisotopic (exact) mass is 740 g/mol. The summed E-state index contributed by atoms with van der Waals surface area (Å²) in [4.78, 5) is 67.5. The van der Waals surface area contributed by atoms with E-state index in [1.807, 2.05) is 26.0 Å². The number of hydrogen-bond acceptors (Lipinski definition) is 12. The van der Waals surface area contributed by atoms with Crippen molar-refractivity contribution in [3.05, 3.63) is 96.6 Å². The highest BCUT2D eigenvalue weighted by Gasteiger charge is 2.55. The third-order valence-corrected chi connectivity index (χ3v) is 8.55. The van der Waals surface area contributed by atoms with E-state index in [1.165, 1.54) is 12.7 Å². The maximum absolute atomic E-state index is 14.0. The van der Waals surface area contributed by atoms with Crippen LogP contribution in [-0.4, -0.2) is 85.7 Å². The Morgan fingerprint density at radius 2 is 1.57 bits per heavy atom. The summed E-state index contributed by atoms with van der Waals surface area (Å²) >= 11 is 0. The van der Waals surface area contributed by atoms with Gasteiger partial charge in [-0.2, -0.15) is 0 Å². The van der Waals surface area contributed by atoms with Gasteiger partial charge in [-0.25, -0.2) is 29.4 Å². The predicted octanol–water partition coefficient (Wildman–Crippen LogP) is 5.52. The molecule has 0 spiro atoms. The summed E-state index contributed by atoms with van der Waals surface area (Å²) in [6, 6.07) is 16.0. The van der Waals surface area contributed by atoms with E-state index < -0.39 is 65.8 Å². The molecule has 4 aromatic rings. The highest BCUT2D eigenvalue weighted by Crippen LogP contribution is 2.44. The van der Waals surface area contributed by atoms with Gasteiger partial charge in [-0.1, -0.05) is 48.6 Å². The highest BCUT2D eigenvalue weighted by molar-refractivity contribution is 6.27. The van der Waals surface area contributed by atoms with Crippen LogP contribution in [0.25, 0.3) is 11.2 Å². The summed E-state index contributed by atoms with van der Waals surface area (Å²) in [6.07, 6.45) is 3.87. The number of alkyl carbamates (subject to hydrolysis) is 1. The minimum absolute atomic E-state index is 0.00696. The number of ether oxygens (including phenoxy) is 5. The maximum atomic E-state index is 14.0. The van der Waals surface area contributed by atoms with Crippen LogP contribution in [0.15, 0.2) is 85.5 Å². The smallest absolute Gasteiger partial charge is 0.408 e. The Hall–Kier alpha value is -5.51. The summed E-state index contributed by atoms with van der Waals surface area (Å²) in [5, 5.41) is 2.61. The van der Waals surface area contributed by atoms with Gasteiger partial charge in [-0.05, 0) is 78.6 Å². The molecule has 0 aliphatic carbocycles. The van der Waals surface area contributed by atoms with Gasteiger partial charge in [-0.15, -0.1) is 0 Å². The number of nitrogens with zero attached hydrogens (tertiary/aromatic N) is 5. The lowest BCUT2D eigenvalue weighted by Crippen LogP contribution is -2.44. The lowest BCUT2D eigenvalue weighted by Gasteiger charge is -2.24. The molecule has 0 bridgehead atoms. The lowest BCUT2D eigenvalue weighted by molar-refractivity contribution is -0.191. The lowest BCUT2D eigenvalue weighted by atomic mass is 10.1. The molecular formula is C39H44N6O9. The zero-order valence-corrected chi connectivity index (χ0v) is 31.0. The van der Waals surface area contributed by atoms with Crippen LogP contribution < -0.4 is 10.2 Å². The van der Waals surface area contributed by atoms with Crippen molar-refractivity contribution in [3.8, 4) is 0 Å². The number of rotatable bonds is 11. The Morgan fingerprint density at radius 1 is 0.944 bits per heavy atom. The van der Waals surface area contributed by atoms with Crippen molar-refractivity contribution in [2.24, 2.45) is 0 Å². The molecule has 4 heterocycles. The number of imide groups is 1. The molecule has 2 aliphatic heterocycles. The first kappa shape index (κ1) is 38.2. The number of allylic oxidation sites excluding steroid dienone is 1. The zero-order valence-electron chi connectivity index (χ0n) is 31.0. The van der Waals surface area contributed by atoms with Gasteiger partial charge in [-0.3, -0.25) is 14.2 Å². The standard InChI is InChI=1S/C39H44N6O9/c1-7-50-36(48)26(43-37(49)54-38(2,3)4)20-14-15-21-27-29-30(53-39(5,6)52-29)35(51-27)44-23-42-28-31(44)40-22-41-32(28)45(33(46)24-16-10-8-11-17-24)34(47)25-18-12-9-13-19-25/h8-13,15-19,21-23,26-27,29-30,35H,7,14,20H2,1-6H3,(H,43,49)/b21-15+/t26?,27-,29-,30-,35-/m1/s1.